The summed E-state index contributed by atoms with van der Waals surface area (Å²) in [6.45, 7) is 1.98. The van der Waals surface area contributed by atoms with Gasteiger partial charge < -0.3 is 5.11 Å². The highest BCUT2D eigenvalue weighted by Crippen LogP contribution is 2.25. The normalized spacial score (nSPS) is 11.4. The van der Waals surface area contributed by atoms with Crippen molar-refractivity contribution in [3.8, 4) is 11.4 Å². The van der Waals surface area contributed by atoms with Crippen LogP contribution in [0.15, 0.2) is 100.0 Å². The average Bonchev–Trinajstić information content (AvgIpc) is 2.89. The van der Waals surface area contributed by atoms with E-state index in [1.165, 1.54) is 10.8 Å². The van der Waals surface area contributed by atoms with Gasteiger partial charge in [0.1, 0.15) is 5.75 Å². The van der Waals surface area contributed by atoms with E-state index in [4.69, 9.17) is 0 Å². The molecular formula is C28H22N4O3S. The first kappa shape index (κ1) is 23.3. The summed E-state index contributed by atoms with van der Waals surface area (Å²) in [6, 6.07) is 25.7. The zero-order chi connectivity index (χ0) is 25.1. The number of nitrogens with zero attached hydrogens (tertiary/aromatic N) is 3. The second-order valence-electron chi connectivity index (χ2n) is 8.19. The van der Waals surface area contributed by atoms with Crippen molar-refractivity contribution < 1.29 is 9.90 Å². The molecule has 178 valence electrons. The number of phenols is 1. The van der Waals surface area contributed by atoms with Crippen LogP contribution < -0.4 is 11.0 Å². The van der Waals surface area contributed by atoms with Crippen LogP contribution in [0, 0.1) is 6.92 Å². The summed E-state index contributed by atoms with van der Waals surface area (Å²) in [5, 5.41) is 17.0. The summed E-state index contributed by atoms with van der Waals surface area (Å²) in [5.74, 6) is -0.299. The lowest BCUT2D eigenvalue weighted by Gasteiger charge is -2.13. The van der Waals surface area contributed by atoms with Crippen LogP contribution >= 0.6 is 11.8 Å². The van der Waals surface area contributed by atoms with Gasteiger partial charge in [0.2, 0.25) is 0 Å². The molecule has 0 saturated carbocycles. The lowest BCUT2D eigenvalue weighted by Crippen LogP contribution is -2.24. The molecule has 36 heavy (non-hydrogen) atoms. The van der Waals surface area contributed by atoms with Gasteiger partial charge in [0, 0.05) is 5.56 Å². The lowest BCUT2D eigenvalue weighted by molar-refractivity contribution is -0.118. The Balaban J connectivity index is 1.38. The van der Waals surface area contributed by atoms with E-state index >= 15 is 0 Å². The number of fused-ring (bicyclic) bond motifs is 2. The molecule has 2 N–H and O–H groups in total. The van der Waals surface area contributed by atoms with Gasteiger partial charge in [-0.25, -0.2) is 10.4 Å². The van der Waals surface area contributed by atoms with Crippen molar-refractivity contribution in [2.75, 3.05) is 5.75 Å². The minimum Gasteiger partial charge on any atom is -0.507 e. The molecule has 0 aliphatic heterocycles. The number of carbonyl (C=O) groups is 1. The topological polar surface area (TPSA) is 96.6 Å². The van der Waals surface area contributed by atoms with E-state index in [0.29, 0.717) is 27.3 Å². The largest absolute Gasteiger partial charge is 0.507 e. The van der Waals surface area contributed by atoms with Gasteiger partial charge in [-0.15, -0.1) is 0 Å². The molecule has 1 amide bonds. The van der Waals surface area contributed by atoms with Gasteiger partial charge in [0.15, 0.2) is 5.16 Å². The highest BCUT2D eigenvalue weighted by molar-refractivity contribution is 7.99. The summed E-state index contributed by atoms with van der Waals surface area (Å²) < 4.78 is 1.52. The second kappa shape index (κ2) is 10.1. The molecule has 7 nitrogen and oxygen atoms in total. The van der Waals surface area contributed by atoms with Crippen LogP contribution in [0.2, 0.25) is 0 Å². The number of nitrogens with one attached hydrogen (secondary N) is 1. The van der Waals surface area contributed by atoms with E-state index in [0.717, 1.165) is 28.1 Å². The number of aromatic hydroxyl groups is 1. The van der Waals surface area contributed by atoms with Crippen LogP contribution in [0.4, 0.5) is 0 Å². The smallest absolute Gasteiger partial charge is 0.266 e. The number of phenolic OH excluding ortho intramolecular Hbond substituents is 1. The first-order chi connectivity index (χ1) is 17.5. The van der Waals surface area contributed by atoms with Gasteiger partial charge in [0.05, 0.1) is 28.6 Å². The Kier molecular flexibility index (Phi) is 6.51. The average molecular weight is 495 g/mol. The van der Waals surface area contributed by atoms with E-state index in [1.54, 1.807) is 24.3 Å². The maximum Gasteiger partial charge on any atom is 0.266 e. The van der Waals surface area contributed by atoms with E-state index < -0.39 is 0 Å². The van der Waals surface area contributed by atoms with Gasteiger partial charge in [-0.1, -0.05) is 71.9 Å². The highest BCUT2D eigenvalue weighted by atomic mass is 32.2. The Morgan fingerprint density at radius 1 is 1.00 bits per heavy atom. The summed E-state index contributed by atoms with van der Waals surface area (Å²) in [4.78, 5) is 30.5. The predicted octanol–water partition coefficient (Wildman–Crippen LogP) is 4.80. The van der Waals surface area contributed by atoms with Crippen molar-refractivity contribution in [3.63, 3.8) is 0 Å². The molecule has 0 atom stereocenters. The van der Waals surface area contributed by atoms with Crippen molar-refractivity contribution >= 4 is 45.6 Å². The van der Waals surface area contributed by atoms with Crippen LogP contribution in [0.25, 0.3) is 27.4 Å². The molecule has 1 heterocycles. The number of hydrazone groups is 1. The number of para-hydroxylation sites is 1. The van der Waals surface area contributed by atoms with Crippen molar-refractivity contribution in [1.29, 1.82) is 0 Å². The van der Waals surface area contributed by atoms with E-state index in [-0.39, 0.29) is 23.0 Å². The maximum absolute atomic E-state index is 13.3. The monoisotopic (exact) mass is 494 g/mol. The number of hydrogen-bond donors (Lipinski definition) is 2. The number of aryl methyl sites for hydroxylation is 1. The Morgan fingerprint density at radius 3 is 2.53 bits per heavy atom. The Hall–Kier alpha value is -4.43. The fourth-order valence-electron chi connectivity index (χ4n) is 3.88. The van der Waals surface area contributed by atoms with Crippen molar-refractivity contribution in [3.05, 3.63) is 106 Å². The van der Waals surface area contributed by atoms with Crippen LogP contribution in [-0.2, 0) is 4.79 Å². The van der Waals surface area contributed by atoms with E-state index in [1.807, 2.05) is 67.6 Å². The molecule has 0 radical (unpaired) electrons. The molecule has 1 aromatic heterocycles. The fourth-order valence-corrected chi connectivity index (χ4v) is 4.69. The number of carbonyl (C=O) groups excluding carboxylic acids is 1. The third kappa shape index (κ3) is 4.71. The third-order valence-electron chi connectivity index (χ3n) is 5.70. The molecule has 0 aliphatic carbocycles. The molecule has 0 saturated heterocycles. The van der Waals surface area contributed by atoms with Gasteiger partial charge in [-0.3, -0.25) is 14.2 Å². The number of benzene rings is 4. The number of rotatable bonds is 6. The van der Waals surface area contributed by atoms with Crippen molar-refractivity contribution in [2.24, 2.45) is 5.10 Å². The van der Waals surface area contributed by atoms with Crippen LogP contribution in [0.5, 0.6) is 5.75 Å². The van der Waals surface area contributed by atoms with E-state index in [9.17, 15) is 14.7 Å². The molecular weight excluding hydrogens is 472 g/mol. The molecule has 4 aromatic carbocycles. The zero-order valence-electron chi connectivity index (χ0n) is 19.4. The van der Waals surface area contributed by atoms with Crippen molar-refractivity contribution in [1.82, 2.24) is 15.0 Å². The van der Waals surface area contributed by atoms with Gasteiger partial charge >= 0.3 is 0 Å². The van der Waals surface area contributed by atoms with Gasteiger partial charge in [-0.2, -0.15) is 5.10 Å². The second-order valence-corrected chi connectivity index (χ2v) is 9.13. The van der Waals surface area contributed by atoms with E-state index in [2.05, 4.69) is 15.5 Å². The first-order valence-corrected chi connectivity index (χ1v) is 12.2. The maximum atomic E-state index is 13.3. The van der Waals surface area contributed by atoms with Crippen molar-refractivity contribution in [2.45, 2.75) is 12.1 Å². The summed E-state index contributed by atoms with van der Waals surface area (Å²) in [7, 11) is 0. The van der Waals surface area contributed by atoms with Gasteiger partial charge in [0.25, 0.3) is 11.5 Å². The molecule has 0 aliphatic rings. The molecule has 5 rings (SSSR count). The highest BCUT2D eigenvalue weighted by Gasteiger charge is 2.15. The molecule has 5 aromatic rings. The third-order valence-corrected chi connectivity index (χ3v) is 6.64. The molecule has 0 fully saturated rings. The molecule has 0 spiro atoms. The zero-order valence-corrected chi connectivity index (χ0v) is 20.2. The van der Waals surface area contributed by atoms with Gasteiger partial charge in [-0.05, 0) is 48.0 Å². The van der Waals surface area contributed by atoms with Crippen LogP contribution in [0.3, 0.4) is 0 Å². The summed E-state index contributed by atoms with van der Waals surface area (Å²) in [5.41, 5.74) is 5.13. The lowest BCUT2D eigenvalue weighted by atomic mass is 10.0. The Morgan fingerprint density at radius 2 is 1.72 bits per heavy atom. The minimum atomic E-state index is -0.367. The number of thioether (sulfide) groups is 1. The fraction of sp³-hybridized carbons (Fsp3) is 0.0714. The predicted molar refractivity (Wildman–Crippen MR) is 144 cm³/mol. The van der Waals surface area contributed by atoms with Crippen LogP contribution in [0.1, 0.15) is 11.1 Å². The van der Waals surface area contributed by atoms with Crippen LogP contribution in [-0.4, -0.2) is 32.5 Å². The first-order valence-electron chi connectivity index (χ1n) is 11.3. The molecule has 0 bridgehead atoms. The molecule has 8 heteroatoms. The summed E-state index contributed by atoms with van der Waals surface area (Å²) >= 11 is 1.15. The summed E-state index contributed by atoms with van der Waals surface area (Å²) in [6.07, 6.45) is 1.43. The minimum absolute atomic E-state index is 0.00446. The standard InChI is InChI=1S/C28H22N4O3S/c1-18-10-13-20(14-11-18)32-27(35)22-8-4-5-9-24(22)30-28(32)36-17-26(34)31-29-16-23-21-7-3-2-6-19(21)12-15-25(23)33/h2-16,33H,17H2,1H3,(H,31,34)/b29-16+. The quantitative estimate of drug-likeness (QED) is 0.153. The Labute approximate surface area is 211 Å². The number of aromatic nitrogens is 2. The SMILES string of the molecule is Cc1ccc(-n2c(SCC(=O)N/N=C/c3c(O)ccc4ccccc34)nc3ccccc3c2=O)cc1. The number of hydrogen-bond acceptors (Lipinski definition) is 6. The Bertz CT molecular complexity index is 1680. The molecule has 0 unspecified atom stereocenters. The number of amides is 1.